The molecule has 1 saturated heterocycles. The van der Waals surface area contributed by atoms with Crippen LogP contribution in [0.25, 0.3) is 0 Å². The molecule has 0 atom stereocenters. The van der Waals surface area contributed by atoms with Gasteiger partial charge >= 0.3 is 12.2 Å². The molecular weight excluding hydrogens is 404 g/mol. The van der Waals surface area contributed by atoms with Crippen molar-refractivity contribution in [2.45, 2.75) is 6.18 Å². The van der Waals surface area contributed by atoms with Gasteiger partial charge in [0.2, 0.25) is 0 Å². The van der Waals surface area contributed by atoms with Crippen molar-refractivity contribution in [2.24, 2.45) is 0 Å². The molecule has 1 aliphatic heterocycles. The normalized spacial score (nSPS) is 15.0. The summed E-state index contributed by atoms with van der Waals surface area (Å²) in [4.78, 5) is 19.7. The van der Waals surface area contributed by atoms with Crippen LogP contribution in [0, 0.1) is 0 Å². The number of pyridine rings is 1. The molecule has 5 nitrogen and oxygen atoms in total. The fourth-order valence-corrected chi connectivity index (χ4v) is 3.12. The van der Waals surface area contributed by atoms with E-state index in [1.807, 2.05) is 4.90 Å². The van der Waals surface area contributed by atoms with E-state index in [-0.39, 0.29) is 6.03 Å². The number of hydrogen-bond donors (Lipinski definition) is 1. The van der Waals surface area contributed by atoms with Gasteiger partial charge in [-0.05, 0) is 30.3 Å². The molecule has 1 aliphatic rings. The SMILES string of the molecule is O=C(Nc1ccc(Cl)cc1Cl)N1CCN(c2ccc(C(F)(F)F)cn2)CC1. The Balaban J connectivity index is 1.57. The predicted octanol–water partition coefficient (Wildman–Crippen LogP) is 4.76. The maximum atomic E-state index is 12.6. The highest BCUT2D eigenvalue weighted by molar-refractivity contribution is 6.36. The van der Waals surface area contributed by atoms with Crippen LogP contribution in [0.2, 0.25) is 10.0 Å². The number of nitrogens with zero attached hydrogens (tertiary/aromatic N) is 3. The van der Waals surface area contributed by atoms with Gasteiger partial charge in [-0.1, -0.05) is 23.2 Å². The van der Waals surface area contributed by atoms with Crippen LogP contribution in [-0.4, -0.2) is 42.1 Å². The number of rotatable bonds is 2. The van der Waals surface area contributed by atoms with Crippen molar-refractivity contribution in [3.05, 3.63) is 52.1 Å². The zero-order chi connectivity index (χ0) is 19.6. The number of carbonyl (C=O) groups is 1. The van der Waals surface area contributed by atoms with Gasteiger partial charge in [0.1, 0.15) is 5.82 Å². The van der Waals surface area contributed by atoms with E-state index in [2.05, 4.69) is 10.3 Å². The Morgan fingerprint density at radius 1 is 1.07 bits per heavy atom. The van der Waals surface area contributed by atoms with Crippen LogP contribution in [0.5, 0.6) is 0 Å². The van der Waals surface area contributed by atoms with E-state index in [1.165, 1.54) is 12.1 Å². The van der Waals surface area contributed by atoms with Gasteiger partial charge in [0.05, 0.1) is 16.3 Å². The molecule has 0 saturated carbocycles. The van der Waals surface area contributed by atoms with Gasteiger partial charge in [0.15, 0.2) is 0 Å². The third-order valence-electron chi connectivity index (χ3n) is 4.14. The minimum Gasteiger partial charge on any atom is -0.353 e. The highest BCUT2D eigenvalue weighted by Crippen LogP contribution is 2.29. The molecule has 2 heterocycles. The van der Waals surface area contributed by atoms with E-state index in [1.54, 1.807) is 17.0 Å². The van der Waals surface area contributed by atoms with E-state index >= 15 is 0 Å². The summed E-state index contributed by atoms with van der Waals surface area (Å²) >= 11 is 11.9. The Labute approximate surface area is 163 Å². The second-order valence-electron chi connectivity index (χ2n) is 5.93. The summed E-state index contributed by atoms with van der Waals surface area (Å²) in [5.41, 5.74) is -0.331. The monoisotopic (exact) mass is 418 g/mol. The average Bonchev–Trinajstić information content (AvgIpc) is 2.63. The number of halogens is 5. The number of piperazine rings is 1. The lowest BCUT2D eigenvalue weighted by molar-refractivity contribution is -0.137. The fraction of sp³-hybridized carbons (Fsp3) is 0.294. The molecule has 144 valence electrons. The summed E-state index contributed by atoms with van der Waals surface area (Å²) < 4.78 is 37.8. The first kappa shape index (κ1) is 19.6. The molecule has 2 aromatic rings. The lowest BCUT2D eigenvalue weighted by Crippen LogP contribution is -2.50. The van der Waals surface area contributed by atoms with Crippen LogP contribution in [-0.2, 0) is 6.18 Å². The molecule has 0 bridgehead atoms. The van der Waals surface area contributed by atoms with Gasteiger partial charge in [0, 0.05) is 37.4 Å². The van der Waals surface area contributed by atoms with Gasteiger partial charge in [-0.25, -0.2) is 9.78 Å². The molecule has 2 amide bonds. The smallest absolute Gasteiger partial charge is 0.353 e. The van der Waals surface area contributed by atoms with Gasteiger partial charge in [0.25, 0.3) is 0 Å². The standard InChI is InChI=1S/C17H15Cl2F3N4O/c18-12-2-3-14(13(19)9-12)24-16(27)26-7-5-25(6-8-26)15-4-1-11(10-23-15)17(20,21)22/h1-4,9-10H,5-8H2,(H,24,27). The summed E-state index contributed by atoms with van der Waals surface area (Å²) in [5.74, 6) is 0.448. The fourth-order valence-electron chi connectivity index (χ4n) is 2.66. The quantitative estimate of drug-likeness (QED) is 0.764. The molecule has 1 fully saturated rings. The van der Waals surface area contributed by atoms with Crippen molar-refractivity contribution in [1.82, 2.24) is 9.88 Å². The molecule has 27 heavy (non-hydrogen) atoms. The number of benzene rings is 1. The molecule has 1 N–H and O–H groups in total. The van der Waals surface area contributed by atoms with Crippen LogP contribution in [0.3, 0.4) is 0 Å². The van der Waals surface area contributed by atoms with E-state index < -0.39 is 11.7 Å². The van der Waals surface area contributed by atoms with E-state index in [0.29, 0.717) is 47.7 Å². The second-order valence-corrected chi connectivity index (χ2v) is 6.77. The number of nitrogens with one attached hydrogen (secondary N) is 1. The van der Waals surface area contributed by atoms with Gasteiger partial charge in [-0.3, -0.25) is 0 Å². The van der Waals surface area contributed by atoms with E-state index in [4.69, 9.17) is 23.2 Å². The minimum atomic E-state index is -4.41. The summed E-state index contributed by atoms with van der Waals surface area (Å²) in [5, 5.41) is 3.53. The maximum absolute atomic E-state index is 12.6. The number of urea groups is 1. The van der Waals surface area contributed by atoms with Gasteiger partial charge < -0.3 is 15.1 Å². The van der Waals surface area contributed by atoms with E-state index in [9.17, 15) is 18.0 Å². The zero-order valence-corrected chi connectivity index (χ0v) is 15.4. The number of aromatic nitrogens is 1. The maximum Gasteiger partial charge on any atom is 0.417 e. The topological polar surface area (TPSA) is 48.5 Å². The third kappa shape index (κ3) is 4.75. The van der Waals surface area contributed by atoms with Crippen LogP contribution in [0.1, 0.15) is 5.56 Å². The first-order chi connectivity index (χ1) is 12.7. The van der Waals surface area contributed by atoms with Crippen LogP contribution >= 0.6 is 23.2 Å². The lowest BCUT2D eigenvalue weighted by Gasteiger charge is -2.35. The Morgan fingerprint density at radius 2 is 1.78 bits per heavy atom. The first-order valence-corrected chi connectivity index (χ1v) is 8.79. The van der Waals surface area contributed by atoms with Crippen molar-refractivity contribution < 1.29 is 18.0 Å². The van der Waals surface area contributed by atoms with E-state index in [0.717, 1.165) is 12.3 Å². The number of carbonyl (C=O) groups excluding carboxylic acids is 1. The molecule has 1 aromatic carbocycles. The van der Waals surface area contributed by atoms with Crippen LogP contribution in [0.15, 0.2) is 36.5 Å². The average molecular weight is 419 g/mol. The van der Waals surface area contributed by atoms with Crippen molar-refractivity contribution >= 4 is 40.7 Å². The minimum absolute atomic E-state index is 0.306. The highest BCUT2D eigenvalue weighted by Gasteiger charge is 2.31. The summed E-state index contributed by atoms with van der Waals surface area (Å²) in [6.45, 7) is 1.72. The molecule has 0 unspecified atom stereocenters. The van der Waals surface area contributed by atoms with Gasteiger partial charge in [-0.15, -0.1) is 0 Å². The molecule has 0 radical (unpaired) electrons. The van der Waals surface area contributed by atoms with Crippen LogP contribution in [0.4, 0.5) is 29.5 Å². The van der Waals surface area contributed by atoms with Crippen molar-refractivity contribution in [2.75, 3.05) is 36.4 Å². The third-order valence-corrected chi connectivity index (χ3v) is 4.69. The Morgan fingerprint density at radius 3 is 2.33 bits per heavy atom. The molecule has 10 heteroatoms. The summed E-state index contributed by atoms with van der Waals surface area (Å²) in [6, 6.07) is 6.81. The van der Waals surface area contributed by atoms with Crippen molar-refractivity contribution in [1.29, 1.82) is 0 Å². The molecular formula is C17H15Cl2F3N4O. The van der Waals surface area contributed by atoms with Gasteiger partial charge in [-0.2, -0.15) is 13.2 Å². The van der Waals surface area contributed by atoms with Crippen molar-refractivity contribution in [3.63, 3.8) is 0 Å². The molecule has 3 rings (SSSR count). The van der Waals surface area contributed by atoms with Crippen molar-refractivity contribution in [3.8, 4) is 0 Å². The summed E-state index contributed by atoms with van der Waals surface area (Å²) in [6.07, 6.45) is -3.60. The Hall–Kier alpha value is -2.19. The predicted molar refractivity (Wildman–Crippen MR) is 98.5 cm³/mol. The Bertz CT molecular complexity index is 822. The Kier molecular flexibility index (Phi) is 5.67. The number of hydrogen-bond acceptors (Lipinski definition) is 3. The van der Waals surface area contributed by atoms with Crippen LogP contribution < -0.4 is 10.2 Å². The number of anilines is 2. The molecule has 0 spiro atoms. The first-order valence-electron chi connectivity index (χ1n) is 8.03. The molecule has 1 aromatic heterocycles. The highest BCUT2D eigenvalue weighted by atomic mass is 35.5. The largest absolute Gasteiger partial charge is 0.417 e. The second kappa shape index (κ2) is 7.82. The number of alkyl halides is 3. The lowest BCUT2D eigenvalue weighted by atomic mass is 10.2. The number of amides is 2. The zero-order valence-electron chi connectivity index (χ0n) is 13.9. The summed E-state index contributed by atoms with van der Waals surface area (Å²) in [7, 11) is 0. The molecule has 0 aliphatic carbocycles.